The molecular weight excluding hydrogens is 226 g/mol. The number of carbonyl (C=O) groups excluding carboxylic acids is 1. The maximum Gasteiger partial charge on any atom is 0.162 e. The van der Waals surface area contributed by atoms with Crippen LogP contribution in [0.3, 0.4) is 0 Å². The molecule has 0 aromatic carbocycles. The van der Waals surface area contributed by atoms with E-state index in [1.54, 1.807) is 18.5 Å². The van der Waals surface area contributed by atoms with Gasteiger partial charge in [-0.05, 0) is 6.42 Å². The number of aldehydes is 1. The third-order valence-corrected chi connectivity index (χ3v) is 2.91. The Morgan fingerprint density at radius 1 is 1.47 bits per heavy atom. The standard InChI is InChI=1S/C11H15NO5/c13-5-7-2-1-3-12(4-7)11-10(16)9(15)8(6-14)17-11/h1,3-5,8-11,14-16H,2,6H2/t8-,9-,10-,11-/m1/s1. The lowest BCUT2D eigenvalue weighted by atomic mass is 10.1. The van der Waals surface area contributed by atoms with Gasteiger partial charge >= 0.3 is 0 Å². The molecule has 4 atom stereocenters. The molecule has 1 saturated heterocycles. The summed E-state index contributed by atoms with van der Waals surface area (Å²) in [6.07, 6.45) is 2.42. The van der Waals surface area contributed by atoms with Gasteiger partial charge in [-0.1, -0.05) is 6.08 Å². The van der Waals surface area contributed by atoms with Crippen molar-refractivity contribution in [2.75, 3.05) is 6.61 Å². The van der Waals surface area contributed by atoms with Gasteiger partial charge in [-0.25, -0.2) is 0 Å². The number of carbonyl (C=O) groups is 1. The van der Waals surface area contributed by atoms with E-state index in [1.165, 1.54) is 4.90 Å². The van der Waals surface area contributed by atoms with Gasteiger partial charge in [0.05, 0.1) is 6.61 Å². The molecule has 0 radical (unpaired) electrons. The van der Waals surface area contributed by atoms with Crippen LogP contribution in [-0.4, -0.2) is 57.7 Å². The van der Waals surface area contributed by atoms with Gasteiger partial charge in [0.2, 0.25) is 0 Å². The van der Waals surface area contributed by atoms with E-state index < -0.39 is 24.5 Å². The monoisotopic (exact) mass is 241 g/mol. The summed E-state index contributed by atoms with van der Waals surface area (Å²) in [6, 6.07) is 0. The van der Waals surface area contributed by atoms with Crippen LogP contribution in [0.15, 0.2) is 24.0 Å². The van der Waals surface area contributed by atoms with Crippen molar-refractivity contribution < 1.29 is 24.9 Å². The van der Waals surface area contributed by atoms with Crippen molar-refractivity contribution in [1.82, 2.24) is 4.90 Å². The van der Waals surface area contributed by atoms with Crippen molar-refractivity contribution in [3.63, 3.8) is 0 Å². The molecule has 2 aliphatic rings. The normalized spacial score (nSPS) is 37.1. The number of hydrogen-bond acceptors (Lipinski definition) is 6. The van der Waals surface area contributed by atoms with Gasteiger partial charge in [-0.15, -0.1) is 0 Å². The fourth-order valence-corrected chi connectivity index (χ4v) is 1.96. The van der Waals surface area contributed by atoms with Crippen molar-refractivity contribution in [3.05, 3.63) is 24.0 Å². The van der Waals surface area contributed by atoms with Gasteiger partial charge in [-0.2, -0.15) is 0 Å². The number of aliphatic hydroxyl groups excluding tert-OH is 3. The van der Waals surface area contributed by atoms with Crippen LogP contribution in [0.4, 0.5) is 0 Å². The highest BCUT2D eigenvalue weighted by atomic mass is 16.6. The average Bonchev–Trinajstić information content (AvgIpc) is 2.66. The lowest BCUT2D eigenvalue weighted by Crippen LogP contribution is -2.39. The van der Waals surface area contributed by atoms with Crippen molar-refractivity contribution in [1.29, 1.82) is 0 Å². The van der Waals surface area contributed by atoms with Gasteiger partial charge in [0.15, 0.2) is 6.23 Å². The van der Waals surface area contributed by atoms with E-state index >= 15 is 0 Å². The molecule has 0 saturated carbocycles. The minimum atomic E-state index is -1.13. The van der Waals surface area contributed by atoms with Crippen LogP contribution >= 0.6 is 0 Å². The lowest BCUT2D eigenvalue weighted by molar-refractivity contribution is -0.105. The fourth-order valence-electron chi connectivity index (χ4n) is 1.96. The minimum Gasteiger partial charge on any atom is -0.394 e. The Morgan fingerprint density at radius 2 is 2.24 bits per heavy atom. The van der Waals surface area contributed by atoms with Gasteiger partial charge in [0.25, 0.3) is 0 Å². The summed E-state index contributed by atoms with van der Waals surface area (Å²) in [5.41, 5.74) is 0.560. The molecule has 6 heteroatoms. The molecule has 0 aromatic heterocycles. The number of rotatable bonds is 3. The first kappa shape index (κ1) is 12.3. The third kappa shape index (κ3) is 2.25. The van der Waals surface area contributed by atoms with Crippen molar-refractivity contribution >= 4 is 6.29 Å². The zero-order chi connectivity index (χ0) is 12.4. The molecule has 94 valence electrons. The Kier molecular flexibility index (Phi) is 3.58. The maximum absolute atomic E-state index is 10.7. The Labute approximate surface area is 98.4 Å². The second kappa shape index (κ2) is 4.97. The summed E-state index contributed by atoms with van der Waals surface area (Å²) in [5, 5.41) is 28.4. The van der Waals surface area contributed by atoms with E-state index in [-0.39, 0.29) is 6.61 Å². The van der Waals surface area contributed by atoms with E-state index in [2.05, 4.69) is 0 Å². The highest BCUT2D eigenvalue weighted by Gasteiger charge is 2.44. The molecule has 6 nitrogen and oxygen atoms in total. The zero-order valence-corrected chi connectivity index (χ0v) is 9.14. The smallest absolute Gasteiger partial charge is 0.162 e. The summed E-state index contributed by atoms with van der Waals surface area (Å²) in [7, 11) is 0. The predicted molar refractivity (Wildman–Crippen MR) is 57.5 cm³/mol. The largest absolute Gasteiger partial charge is 0.394 e. The van der Waals surface area contributed by atoms with E-state index in [4.69, 9.17) is 9.84 Å². The molecule has 0 spiro atoms. The third-order valence-electron chi connectivity index (χ3n) is 2.91. The molecule has 0 aliphatic carbocycles. The van der Waals surface area contributed by atoms with Crippen LogP contribution in [0.25, 0.3) is 0 Å². The second-order valence-electron chi connectivity index (χ2n) is 4.09. The first-order valence-electron chi connectivity index (χ1n) is 5.40. The molecule has 2 aliphatic heterocycles. The summed E-state index contributed by atoms with van der Waals surface area (Å²) in [4.78, 5) is 12.2. The average molecular weight is 241 g/mol. The van der Waals surface area contributed by atoms with Crippen LogP contribution in [0, 0.1) is 0 Å². The van der Waals surface area contributed by atoms with Crippen LogP contribution in [0.1, 0.15) is 6.42 Å². The molecular formula is C11H15NO5. The first-order valence-corrected chi connectivity index (χ1v) is 5.40. The van der Waals surface area contributed by atoms with Gasteiger partial charge in [0, 0.05) is 18.0 Å². The van der Waals surface area contributed by atoms with Gasteiger partial charge < -0.3 is 25.0 Å². The van der Waals surface area contributed by atoms with Crippen LogP contribution < -0.4 is 0 Å². The Balaban J connectivity index is 2.13. The molecule has 0 unspecified atom stereocenters. The van der Waals surface area contributed by atoms with E-state index in [0.29, 0.717) is 12.0 Å². The lowest BCUT2D eigenvalue weighted by Gasteiger charge is -2.28. The van der Waals surface area contributed by atoms with Gasteiger partial charge in [0.1, 0.15) is 24.6 Å². The molecule has 0 amide bonds. The first-order chi connectivity index (χ1) is 8.17. The molecule has 0 bridgehead atoms. The topological polar surface area (TPSA) is 90.2 Å². The van der Waals surface area contributed by atoms with E-state index in [1.807, 2.05) is 0 Å². The van der Waals surface area contributed by atoms with Crippen LogP contribution in [0.2, 0.25) is 0 Å². The minimum absolute atomic E-state index is 0.365. The van der Waals surface area contributed by atoms with E-state index in [9.17, 15) is 15.0 Å². The van der Waals surface area contributed by atoms with Crippen molar-refractivity contribution in [2.24, 2.45) is 0 Å². The van der Waals surface area contributed by atoms with Crippen LogP contribution in [-0.2, 0) is 9.53 Å². The molecule has 2 rings (SSSR count). The second-order valence-corrected chi connectivity index (χ2v) is 4.09. The maximum atomic E-state index is 10.7. The Morgan fingerprint density at radius 3 is 2.82 bits per heavy atom. The summed E-state index contributed by atoms with van der Waals surface area (Å²) < 4.78 is 5.33. The van der Waals surface area contributed by atoms with E-state index in [0.717, 1.165) is 6.29 Å². The number of nitrogens with zero attached hydrogens (tertiary/aromatic N) is 1. The number of aliphatic hydroxyl groups is 3. The SMILES string of the molecule is O=CC1=CN([C@@H]2O[C@H](CO)[C@@H](O)[C@H]2O)C=CC1. The summed E-state index contributed by atoms with van der Waals surface area (Å²) in [5.74, 6) is 0. The molecule has 2 heterocycles. The number of hydrogen-bond donors (Lipinski definition) is 3. The Bertz CT molecular complexity index is 354. The molecule has 1 fully saturated rings. The van der Waals surface area contributed by atoms with Crippen LogP contribution in [0.5, 0.6) is 0 Å². The molecule has 0 aromatic rings. The summed E-state index contributed by atoms with van der Waals surface area (Å²) >= 11 is 0. The number of ether oxygens (including phenoxy) is 1. The quantitative estimate of drug-likeness (QED) is 0.534. The highest BCUT2D eigenvalue weighted by Crippen LogP contribution is 2.26. The fraction of sp³-hybridized carbons (Fsp3) is 0.545. The predicted octanol–water partition coefficient (Wildman–Crippen LogP) is -1.27. The van der Waals surface area contributed by atoms with Crippen molar-refractivity contribution in [3.8, 4) is 0 Å². The van der Waals surface area contributed by atoms with Gasteiger partial charge in [-0.3, -0.25) is 4.79 Å². The highest BCUT2D eigenvalue weighted by molar-refractivity contribution is 5.73. The molecule has 3 N–H and O–H groups in total. The zero-order valence-electron chi connectivity index (χ0n) is 9.14. The number of allylic oxidation sites excluding steroid dienone is 2. The van der Waals surface area contributed by atoms with Crippen molar-refractivity contribution in [2.45, 2.75) is 31.0 Å². The summed E-state index contributed by atoms with van der Waals surface area (Å²) in [6.45, 7) is -0.365. The molecule has 17 heavy (non-hydrogen) atoms. The Hall–Kier alpha value is -1.21.